The quantitative estimate of drug-likeness (QED) is 0.179. The fourth-order valence-corrected chi connectivity index (χ4v) is 7.10. The third-order valence-electron chi connectivity index (χ3n) is 9.38. The number of aromatic nitrogens is 3. The monoisotopic (exact) mass is 629 g/mol. The Bertz CT molecular complexity index is 2320. The number of carbonyl (C=O) groups excluding carboxylic acids is 1. The fourth-order valence-electron chi connectivity index (χ4n) is 7.10. The molecule has 0 saturated carbocycles. The number of pyridine rings is 1. The lowest BCUT2D eigenvalue weighted by molar-refractivity contribution is 0.163. The molecule has 7 heteroatoms. The topological polar surface area (TPSA) is 89.0 Å². The number of aryl methyl sites for hydroxylation is 3. The molecule has 236 valence electrons. The van der Waals surface area contributed by atoms with Crippen LogP contribution >= 0.6 is 0 Å². The second-order valence-corrected chi connectivity index (χ2v) is 12.6. The molecule has 0 spiro atoms. The number of urea groups is 1. The van der Waals surface area contributed by atoms with Crippen LogP contribution in [0, 0.1) is 13.8 Å². The van der Waals surface area contributed by atoms with Crippen molar-refractivity contribution in [2.45, 2.75) is 45.1 Å². The van der Waals surface area contributed by atoms with Crippen LogP contribution in [0.3, 0.4) is 0 Å². The highest BCUT2D eigenvalue weighted by molar-refractivity contribution is 6.08. The Hall–Kier alpha value is -5.82. The first kappa shape index (κ1) is 29.6. The van der Waals surface area contributed by atoms with Gasteiger partial charge in [0.25, 0.3) is 0 Å². The first-order valence-corrected chi connectivity index (χ1v) is 16.4. The van der Waals surface area contributed by atoms with Crippen molar-refractivity contribution in [3.05, 3.63) is 144 Å². The number of rotatable bonds is 6. The number of fused-ring (bicyclic) bond motifs is 6. The first-order valence-electron chi connectivity index (χ1n) is 16.4. The predicted molar refractivity (Wildman–Crippen MR) is 193 cm³/mol. The predicted octanol–water partition coefficient (Wildman–Crippen LogP) is 9.83. The molecule has 48 heavy (non-hydrogen) atoms. The van der Waals surface area contributed by atoms with Crippen LogP contribution in [0.15, 0.2) is 116 Å². The second kappa shape index (κ2) is 12.4. The molecule has 2 unspecified atom stereocenters. The van der Waals surface area contributed by atoms with E-state index in [9.17, 15) is 4.79 Å². The molecule has 0 fully saturated rings. The van der Waals surface area contributed by atoms with E-state index < -0.39 is 6.03 Å². The number of amides is 2. The Morgan fingerprint density at radius 3 is 2.48 bits per heavy atom. The van der Waals surface area contributed by atoms with E-state index in [4.69, 9.17) is 9.72 Å². The van der Waals surface area contributed by atoms with E-state index in [2.05, 4.69) is 81.3 Å². The van der Waals surface area contributed by atoms with Crippen molar-refractivity contribution in [2.24, 2.45) is 0 Å². The van der Waals surface area contributed by atoms with Gasteiger partial charge in [0, 0.05) is 23.1 Å². The maximum atomic E-state index is 13.2. The molecule has 2 N–H and O–H groups in total. The molecular weight excluding hydrogens is 594 g/mol. The van der Waals surface area contributed by atoms with Gasteiger partial charge in [-0.15, -0.1) is 0 Å². The number of benzene rings is 5. The summed E-state index contributed by atoms with van der Waals surface area (Å²) in [6, 6.07) is 33.5. The van der Waals surface area contributed by atoms with E-state index in [1.807, 2.05) is 56.4 Å². The van der Waals surface area contributed by atoms with Gasteiger partial charge in [-0.1, -0.05) is 72.8 Å². The van der Waals surface area contributed by atoms with Crippen molar-refractivity contribution in [1.29, 1.82) is 0 Å². The SMILES string of the molecule is Cc1ccc(OC(c2cnc3ccccc3c2)C2CCCc3c2ccc2c3ccc3ccccc32)c(NC(=O)Nc2cnc(C)cn2)c1. The molecule has 0 radical (unpaired) electrons. The zero-order valence-electron chi connectivity index (χ0n) is 26.9. The highest BCUT2D eigenvalue weighted by Crippen LogP contribution is 2.46. The van der Waals surface area contributed by atoms with Crippen molar-refractivity contribution in [3.63, 3.8) is 0 Å². The molecule has 0 aliphatic heterocycles. The van der Waals surface area contributed by atoms with Gasteiger partial charge >= 0.3 is 6.03 Å². The summed E-state index contributed by atoms with van der Waals surface area (Å²) in [5.41, 5.74) is 6.98. The van der Waals surface area contributed by atoms with Gasteiger partial charge in [0.2, 0.25) is 0 Å². The Labute approximate surface area is 279 Å². The van der Waals surface area contributed by atoms with Crippen LogP contribution in [0.1, 0.15) is 52.8 Å². The number of nitrogens with one attached hydrogen (secondary N) is 2. The van der Waals surface area contributed by atoms with Gasteiger partial charge in [0.1, 0.15) is 11.9 Å². The third-order valence-corrected chi connectivity index (χ3v) is 9.38. The normalized spacial score (nSPS) is 14.8. The Morgan fingerprint density at radius 2 is 1.60 bits per heavy atom. The zero-order chi connectivity index (χ0) is 32.6. The summed E-state index contributed by atoms with van der Waals surface area (Å²) in [5.74, 6) is 1.02. The molecule has 1 aliphatic carbocycles. The maximum absolute atomic E-state index is 13.2. The number of carbonyl (C=O) groups is 1. The highest BCUT2D eigenvalue weighted by atomic mass is 16.5. The minimum absolute atomic E-state index is 0.0680. The summed E-state index contributed by atoms with van der Waals surface area (Å²) in [6.45, 7) is 3.85. The van der Waals surface area contributed by atoms with Crippen molar-refractivity contribution < 1.29 is 9.53 Å². The second-order valence-electron chi connectivity index (χ2n) is 12.6. The standard InChI is InChI=1S/C41H35N5O2/c1-25-14-19-38(37(20-25)45-41(47)46-39-24-42-26(2)22-44-39)48-40(29-21-28-9-4-6-13-36(28)43-23-29)35-12-7-11-31-33-16-15-27-8-3-5-10-30(27)32(33)17-18-34(31)35/h3-6,8-10,13-24,35,40H,7,11-12H2,1-2H3,(H2,44,45,46,47). The van der Waals surface area contributed by atoms with Crippen molar-refractivity contribution in [3.8, 4) is 5.75 Å². The average Bonchev–Trinajstić information content (AvgIpc) is 3.11. The molecule has 7 nitrogen and oxygen atoms in total. The summed E-state index contributed by atoms with van der Waals surface area (Å²) >= 11 is 0. The number of hydrogen-bond donors (Lipinski definition) is 2. The van der Waals surface area contributed by atoms with Crippen molar-refractivity contribution in [1.82, 2.24) is 15.0 Å². The van der Waals surface area contributed by atoms with E-state index in [0.29, 0.717) is 17.3 Å². The van der Waals surface area contributed by atoms with Crippen LogP contribution in [-0.4, -0.2) is 21.0 Å². The molecule has 2 aromatic heterocycles. The van der Waals surface area contributed by atoms with Gasteiger partial charge in [-0.2, -0.15) is 0 Å². The van der Waals surface area contributed by atoms with E-state index >= 15 is 0 Å². The number of hydrogen-bond acceptors (Lipinski definition) is 5. The number of anilines is 2. The zero-order valence-corrected chi connectivity index (χ0v) is 26.9. The molecule has 5 aromatic carbocycles. The molecular formula is C41H35N5O2. The minimum atomic E-state index is -0.422. The molecule has 7 aromatic rings. The van der Waals surface area contributed by atoms with Gasteiger partial charge in [0.15, 0.2) is 5.82 Å². The smallest absolute Gasteiger partial charge is 0.324 e. The molecule has 1 aliphatic rings. The lowest BCUT2D eigenvalue weighted by Crippen LogP contribution is -2.24. The lowest BCUT2D eigenvalue weighted by Gasteiger charge is -2.34. The summed E-state index contributed by atoms with van der Waals surface area (Å²) in [4.78, 5) is 26.5. The van der Waals surface area contributed by atoms with E-state index in [1.165, 1.54) is 32.7 Å². The van der Waals surface area contributed by atoms with Crippen LogP contribution in [0.5, 0.6) is 5.75 Å². The third kappa shape index (κ3) is 5.68. The minimum Gasteiger partial charge on any atom is -0.483 e. The van der Waals surface area contributed by atoms with Gasteiger partial charge in [-0.25, -0.2) is 9.78 Å². The summed E-state index contributed by atoms with van der Waals surface area (Å²) < 4.78 is 7.07. The molecule has 2 heterocycles. The Morgan fingerprint density at radius 1 is 0.771 bits per heavy atom. The van der Waals surface area contributed by atoms with Gasteiger partial charge in [0.05, 0.1) is 29.3 Å². The largest absolute Gasteiger partial charge is 0.483 e. The van der Waals surface area contributed by atoms with Crippen LogP contribution in [0.4, 0.5) is 16.3 Å². The van der Waals surface area contributed by atoms with Gasteiger partial charge in [-0.05, 0) is 95.6 Å². The van der Waals surface area contributed by atoms with Crippen LogP contribution < -0.4 is 15.4 Å². The van der Waals surface area contributed by atoms with Crippen molar-refractivity contribution in [2.75, 3.05) is 10.6 Å². The molecule has 2 atom stereocenters. The van der Waals surface area contributed by atoms with Crippen LogP contribution in [-0.2, 0) is 6.42 Å². The Balaban J connectivity index is 1.20. The summed E-state index contributed by atoms with van der Waals surface area (Å²) in [5, 5.41) is 12.0. The van der Waals surface area contributed by atoms with Crippen LogP contribution in [0.25, 0.3) is 32.4 Å². The summed E-state index contributed by atoms with van der Waals surface area (Å²) in [6.07, 6.45) is 7.77. The fraction of sp³-hybridized carbons (Fsp3) is 0.171. The average molecular weight is 630 g/mol. The van der Waals surface area contributed by atoms with E-state index in [1.54, 1.807) is 12.4 Å². The molecule has 0 saturated heterocycles. The molecule has 2 amide bonds. The summed E-state index contributed by atoms with van der Waals surface area (Å²) in [7, 11) is 0. The molecule has 0 bridgehead atoms. The van der Waals surface area contributed by atoms with Gasteiger partial charge < -0.3 is 10.1 Å². The molecule has 8 rings (SSSR count). The van der Waals surface area contributed by atoms with Gasteiger partial charge in [-0.3, -0.25) is 15.3 Å². The van der Waals surface area contributed by atoms with E-state index in [0.717, 1.165) is 47.0 Å². The highest BCUT2D eigenvalue weighted by Gasteiger charge is 2.33. The van der Waals surface area contributed by atoms with Crippen molar-refractivity contribution >= 4 is 50.0 Å². The Kier molecular flexibility index (Phi) is 7.65. The van der Waals surface area contributed by atoms with E-state index in [-0.39, 0.29) is 12.0 Å². The first-order chi connectivity index (χ1) is 23.5. The lowest BCUT2D eigenvalue weighted by atomic mass is 9.76. The number of para-hydroxylation sites is 1. The maximum Gasteiger partial charge on any atom is 0.324 e. The number of ether oxygens (including phenoxy) is 1. The number of nitrogens with zero attached hydrogens (tertiary/aromatic N) is 3. The van der Waals surface area contributed by atoms with Crippen LogP contribution in [0.2, 0.25) is 0 Å².